The van der Waals surface area contributed by atoms with Crippen molar-refractivity contribution >= 4 is 29.3 Å². The molecule has 0 fully saturated rings. The maximum absolute atomic E-state index is 11.7. The van der Waals surface area contributed by atoms with Gasteiger partial charge in [-0.25, -0.2) is 4.79 Å². The average molecular weight is 294 g/mol. The van der Waals surface area contributed by atoms with E-state index in [1.807, 2.05) is 0 Å². The minimum Gasteiger partial charge on any atom is -0.489 e. The van der Waals surface area contributed by atoms with E-state index < -0.39 is 22.5 Å². The first kappa shape index (κ1) is 16.2. The molecule has 0 aromatic heterocycles. The molecular weight excluding hydrogens is 280 g/mol. The molecule has 21 heavy (non-hydrogen) atoms. The van der Waals surface area contributed by atoms with Crippen LogP contribution in [0.15, 0.2) is 12.6 Å². The van der Waals surface area contributed by atoms with Gasteiger partial charge in [0.15, 0.2) is 0 Å². The van der Waals surface area contributed by atoms with Gasteiger partial charge in [-0.15, -0.1) is 0 Å². The minimum atomic E-state index is -0.799. The van der Waals surface area contributed by atoms with Crippen molar-refractivity contribution in [1.82, 2.24) is 0 Å². The van der Waals surface area contributed by atoms with Crippen molar-refractivity contribution in [3.63, 3.8) is 0 Å². The zero-order chi connectivity index (χ0) is 16.2. The molecule has 0 saturated carbocycles. The highest BCUT2D eigenvalue weighted by Crippen LogP contribution is 2.41. The van der Waals surface area contributed by atoms with Gasteiger partial charge in [-0.05, 0) is 6.07 Å². The third-order valence-corrected chi connectivity index (χ3v) is 2.60. The summed E-state index contributed by atoms with van der Waals surface area (Å²) in [6, 6.07) is 1.30. The van der Waals surface area contributed by atoms with Crippen molar-refractivity contribution in [2.75, 3.05) is 19.5 Å². The van der Waals surface area contributed by atoms with E-state index in [1.165, 1.54) is 26.2 Å². The number of amides is 1. The Morgan fingerprint density at radius 3 is 2.43 bits per heavy atom. The van der Waals surface area contributed by atoms with E-state index in [1.54, 1.807) is 0 Å². The summed E-state index contributed by atoms with van der Waals surface area (Å²) in [6.07, 6.45) is 1.28. The second-order valence-electron chi connectivity index (χ2n) is 3.90. The largest absolute Gasteiger partial charge is 0.489 e. The number of anilines is 1. The van der Waals surface area contributed by atoms with E-state index in [-0.39, 0.29) is 22.6 Å². The Morgan fingerprint density at radius 2 is 2.05 bits per heavy atom. The fourth-order valence-corrected chi connectivity index (χ4v) is 1.78. The lowest BCUT2D eigenvalue weighted by Crippen LogP contribution is -2.13. The molecule has 8 heteroatoms. The van der Waals surface area contributed by atoms with Crippen LogP contribution in [0.25, 0.3) is 6.08 Å². The summed E-state index contributed by atoms with van der Waals surface area (Å²) < 4.78 is 9.53. The SMILES string of the molecule is C=Cc1cc(C(=O)OC)c(OC)c([N+](=O)[O-])c1NC(C)=O. The van der Waals surface area contributed by atoms with Crippen LogP contribution in [-0.4, -0.2) is 31.0 Å². The standard InChI is InChI=1S/C13H14N2O6/c1-5-8-6-9(13(17)21-4)12(20-3)11(15(18)19)10(8)14-7(2)16/h5-6H,1H2,2-4H3,(H,14,16). The maximum atomic E-state index is 11.7. The summed E-state index contributed by atoms with van der Waals surface area (Å²) in [6.45, 7) is 4.72. The Balaban J connectivity index is 3.80. The second-order valence-corrected chi connectivity index (χ2v) is 3.90. The molecule has 1 aromatic rings. The second kappa shape index (κ2) is 6.51. The summed E-state index contributed by atoms with van der Waals surface area (Å²) in [5.74, 6) is -1.59. The Labute approximate surface area is 120 Å². The zero-order valence-corrected chi connectivity index (χ0v) is 11.8. The van der Waals surface area contributed by atoms with E-state index in [9.17, 15) is 19.7 Å². The van der Waals surface area contributed by atoms with Crippen molar-refractivity contribution in [2.24, 2.45) is 0 Å². The molecule has 1 rings (SSSR count). The zero-order valence-electron chi connectivity index (χ0n) is 11.8. The number of rotatable bonds is 5. The number of benzene rings is 1. The van der Waals surface area contributed by atoms with Crippen LogP contribution >= 0.6 is 0 Å². The van der Waals surface area contributed by atoms with Crippen LogP contribution in [0.2, 0.25) is 0 Å². The lowest BCUT2D eigenvalue weighted by Gasteiger charge is -2.14. The molecule has 0 bridgehead atoms. The fraction of sp³-hybridized carbons (Fsp3) is 0.231. The van der Waals surface area contributed by atoms with Crippen LogP contribution in [0.5, 0.6) is 5.75 Å². The predicted molar refractivity (Wildman–Crippen MR) is 75.4 cm³/mol. The fourth-order valence-electron chi connectivity index (χ4n) is 1.78. The summed E-state index contributed by atoms with van der Waals surface area (Å²) >= 11 is 0. The summed E-state index contributed by atoms with van der Waals surface area (Å²) in [5, 5.41) is 13.7. The number of esters is 1. The molecule has 0 heterocycles. The smallest absolute Gasteiger partial charge is 0.341 e. The van der Waals surface area contributed by atoms with Crippen LogP contribution in [0.4, 0.5) is 11.4 Å². The van der Waals surface area contributed by atoms with Crippen molar-refractivity contribution < 1.29 is 24.0 Å². The molecule has 1 amide bonds. The van der Waals surface area contributed by atoms with E-state index in [4.69, 9.17) is 4.74 Å². The van der Waals surface area contributed by atoms with Gasteiger partial charge in [-0.3, -0.25) is 14.9 Å². The summed E-state index contributed by atoms with van der Waals surface area (Å²) in [7, 11) is 2.32. The third-order valence-electron chi connectivity index (χ3n) is 2.60. The van der Waals surface area contributed by atoms with Gasteiger partial charge in [0, 0.05) is 12.5 Å². The molecule has 0 aliphatic heterocycles. The molecule has 0 radical (unpaired) electrons. The summed E-state index contributed by atoms with van der Waals surface area (Å²) in [4.78, 5) is 33.5. The number of nitrogens with one attached hydrogen (secondary N) is 1. The van der Waals surface area contributed by atoms with Crippen LogP contribution in [-0.2, 0) is 9.53 Å². The number of carbonyl (C=O) groups is 2. The first-order valence-electron chi connectivity index (χ1n) is 5.75. The molecule has 0 atom stereocenters. The monoisotopic (exact) mass is 294 g/mol. The number of hydrogen-bond acceptors (Lipinski definition) is 6. The molecule has 0 spiro atoms. The lowest BCUT2D eigenvalue weighted by molar-refractivity contribution is -0.384. The molecule has 0 aliphatic rings. The van der Waals surface area contributed by atoms with E-state index >= 15 is 0 Å². The van der Waals surface area contributed by atoms with Crippen LogP contribution in [0, 0.1) is 10.1 Å². The van der Waals surface area contributed by atoms with Crippen molar-refractivity contribution in [2.45, 2.75) is 6.92 Å². The first-order chi connectivity index (χ1) is 9.87. The highest BCUT2D eigenvalue weighted by molar-refractivity contribution is 6.01. The molecule has 0 saturated heterocycles. The van der Waals surface area contributed by atoms with Crippen molar-refractivity contribution in [3.05, 3.63) is 33.9 Å². The highest BCUT2D eigenvalue weighted by atomic mass is 16.6. The Hall–Kier alpha value is -2.90. The highest BCUT2D eigenvalue weighted by Gasteiger charge is 2.30. The quantitative estimate of drug-likeness (QED) is 0.505. The van der Waals surface area contributed by atoms with Crippen LogP contribution in [0.1, 0.15) is 22.8 Å². The molecule has 0 unspecified atom stereocenters. The lowest BCUT2D eigenvalue weighted by atomic mass is 10.0. The van der Waals surface area contributed by atoms with Crippen LogP contribution in [0.3, 0.4) is 0 Å². The van der Waals surface area contributed by atoms with Gasteiger partial charge < -0.3 is 14.8 Å². The van der Waals surface area contributed by atoms with Gasteiger partial charge in [0.1, 0.15) is 11.3 Å². The van der Waals surface area contributed by atoms with Gasteiger partial charge in [-0.2, -0.15) is 0 Å². The number of nitro groups is 1. The summed E-state index contributed by atoms with van der Waals surface area (Å²) in [5.41, 5.74) is -0.550. The predicted octanol–water partition coefficient (Wildman–Crippen LogP) is 1.99. The number of ether oxygens (including phenoxy) is 2. The number of nitrogens with zero attached hydrogens (tertiary/aromatic N) is 1. The maximum Gasteiger partial charge on any atom is 0.341 e. The van der Waals surface area contributed by atoms with Gasteiger partial charge >= 0.3 is 11.7 Å². The minimum absolute atomic E-state index is 0.0907. The molecule has 1 aromatic carbocycles. The molecule has 112 valence electrons. The number of nitro benzene ring substituents is 1. The van der Waals surface area contributed by atoms with Gasteiger partial charge in [0.2, 0.25) is 11.7 Å². The van der Waals surface area contributed by atoms with E-state index in [2.05, 4.69) is 16.6 Å². The third kappa shape index (κ3) is 3.16. The Kier molecular flexibility index (Phi) is 5.01. The van der Waals surface area contributed by atoms with E-state index in [0.29, 0.717) is 0 Å². The Morgan fingerprint density at radius 1 is 1.43 bits per heavy atom. The van der Waals surface area contributed by atoms with Gasteiger partial charge in [0.25, 0.3) is 0 Å². The Bertz CT molecular complexity index is 624. The average Bonchev–Trinajstić information content (AvgIpc) is 2.44. The molecule has 8 nitrogen and oxygen atoms in total. The number of carbonyl (C=O) groups excluding carboxylic acids is 2. The van der Waals surface area contributed by atoms with Crippen molar-refractivity contribution in [3.8, 4) is 5.75 Å². The molecule has 0 aliphatic carbocycles. The van der Waals surface area contributed by atoms with Gasteiger partial charge in [0.05, 0.1) is 19.1 Å². The number of methoxy groups -OCH3 is 2. The topological polar surface area (TPSA) is 108 Å². The van der Waals surface area contributed by atoms with Gasteiger partial charge in [-0.1, -0.05) is 12.7 Å². The van der Waals surface area contributed by atoms with Crippen LogP contribution < -0.4 is 10.1 Å². The van der Waals surface area contributed by atoms with E-state index in [0.717, 1.165) is 7.11 Å². The first-order valence-corrected chi connectivity index (χ1v) is 5.75. The molecule has 1 N–H and O–H groups in total. The normalized spacial score (nSPS) is 9.67. The number of hydrogen-bond donors (Lipinski definition) is 1. The van der Waals surface area contributed by atoms with Crippen molar-refractivity contribution in [1.29, 1.82) is 0 Å². The molecular formula is C13H14N2O6.